The van der Waals surface area contributed by atoms with Crippen LogP contribution in [0.4, 0.5) is 0 Å². The molecule has 14 heavy (non-hydrogen) atoms. The molecule has 1 N–H and O–H groups in total. The fourth-order valence-corrected chi connectivity index (χ4v) is 1.08. The minimum Gasteiger partial charge on any atom is -0.310 e. The number of hydrogen-bond donors (Lipinski definition) is 1. The molecule has 0 aliphatic rings. The van der Waals surface area contributed by atoms with E-state index in [0.29, 0.717) is 13.2 Å². The lowest BCUT2D eigenvalue weighted by Crippen LogP contribution is -2.19. The Morgan fingerprint density at radius 2 is 1.93 bits per heavy atom. The van der Waals surface area contributed by atoms with E-state index in [1.165, 1.54) is 5.56 Å². The van der Waals surface area contributed by atoms with Gasteiger partial charge in [-0.15, -0.1) is 0 Å². The SMILES string of the molecule is CCOOCCNCc1ccccc1. The molecule has 1 aromatic carbocycles. The largest absolute Gasteiger partial charge is 0.310 e. The van der Waals surface area contributed by atoms with E-state index in [4.69, 9.17) is 9.78 Å². The van der Waals surface area contributed by atoms with Crippen LogP contribution in [0.2, 0.25) is 0 Å². The van der Waals surface area contributed by atoms with E-state index in [9.17, 15) is 0 Å². The third kappa shape index (κ3) is 4.97. The van der Waals surface area contributed by atoms with Crippen molar-refractivity contribution < 1.29 is 9.78 Å². The van der Waals surface area contributed by atoms with Gasteiger partial charge in [-0.05, 0) is 12.5 Å². The topological polar surface area (TPSA) is 30.5 Å². The maximum Gasteiger partial charge on any atom is 0.0946 e. The van der Waals surface area contributed by atoms with Gasteiger partial charge in [0, 0.05) is 13.1 Å². The predicted molar refractivity (Wildman–Crippen MR) is 55.7 cm³/mol. The summed E-state index contributed by atoms with van der Waals surface area (Å²) in [5, 5.41) is 3.26. The first-order valence-electron chi connectivity index (χ1n) is 4.92. The van der Waals surface area contributed by atoms with Gasteiger partial charge in [0.2, 0.25) is 0 Å². The molecule has 0 atom stereocenters. The first-order valence-corrected chi connectivity index (χ1v) is 4.92. The van der Waals surface area contributed by atoms with E-state index in [1.807, 2.05) is 25.1 Å². The van der Waals surface area contributed by atoms with Crippen molar-refractivity contribution in [1.82, 2.24) is 5.32 Å². The van der Waals surface area contributed by atoms with Crippen molar-refractivity contribution in [3.05, 3.63) is 35.9 Å². The van der Waals surface area contributed by atoms with Crippen LogP contribution >= 0.6 is 0 Å². The van der Waals surface area contributed by atoms with Gasteiger partial charge in [0.25, 0.3) is 0 Å². The minimum absolute atomic E-state index is 0.584. The van der Waals surface area contributed by atoms with Gasteiger partial charge in [0.05, 0.1) is 13.2 Å². The van der Waals surface area contributed by atoms with Crippen molar-refractivity contribution in [2.45, 2.75) is 13.5 Å². The van der Waals surface area contributed by atoms with Crippen molar-refractivity contribution in [3.63, 3.8) is 0 Å². The summed E-state index contributed by atoms with van der Waals surface area (Å²) in [7, 11) is 0. The van der Waals surface area contributed by atoms with Crippen LogP contribution in [0.15, 0.2) is 30.3 Å². The third-order valence-electron chi connectivity index (χ3n) is 1.74. The van der Waals surface area contributed by atoms with E-state index >= 15 is 0 Å². The van der Waals surface area contributed by atoms with Crippen LogP contribution in [0.1, 0.15) is 12.5 Å². The second kappa shape index (κ2) is 7.50. The van der Waals surface area contributed by atoms with Crippen LogP contribution in [-0.2, 0) is 16.3 Å². The van der Waals surface area contributed by atoms with Crippen LogP contribution in [-0.4, -0.2) is 19.8 Å². The standard InChI is InChI=1S/C11H17NO2/c1-2-13-14-9-8-12-10-11-6-4-3-5-7-11/h3-7,12H,2,8-10H2,1H3. The van der Waals surface area contributed by atoms with E-state index in [0.717, 1.165) is 13.1 Å². The van der Waals surface area contributed by atoms with Crippen LogP contribution < -0.4 is 5.32 Å². The van der Waals surface area contributed by atoms with Gasteiger partial charge in [0.15, 0.2) is 0 Å². The maximum atomic E-state index is 4.86. The van der Waals surface area contributed by atoms with Crippen molar-refractivity contribution in [2.24, 2.45) is 0 Å². The molecule has 0 spiro atoms. The lowest BCUT2D eigenvalue weighted by Gasteiger charge is -2.04. The highest BCUT2D eigenvalue weighted by atomic mass is 17.2. The van der Waals surface area contributed by atoms with Crippen molar-refractivity contribution in [1.29, 1.82) is 0 Å². The van der Waals surface area contributed by atoms with Gasteiger partial charge in [-0.1, -0.05) is 30.3 Å². The van der Waals surface area contributed by atoms with E-state index in [-0.39, 0.29) is 0 Å². The Bertz CT molecular complexity index is 226. The Kier molecular flexibility index (Phi) is 5.99. The summed E-state index contributed by atoms with van der Waals surface area (Å²) < 4.78 is 0. The molecule has 0 amide bonds. The average molecular weight is 195 g/mol. The van der Waals surface area contributed by atoms with Crippen LogP contribution in [0.5, 0.6) is 0 Å². The Morgan fingerprint density at radius 3 is 2.64 bits per heavy atom. The fourth-order valence-electron chi connectivity index (χ4n) is 1.08. The molecular formula is C11H17NO2. The number of rotatable bonds is 7. The zero-order chi connectivity index (χ0) is 10.1. The summed E-state index contributed by atoms with van der Waals surface area (Å²) in [5.74, 6) is 0. The monoisotopic (exact) mass is 195 g/mol. The molecule has 0 aliphatic carbocycles. The molecule has 3 nitrogen and oxygen atoms in total. The Balaban J connectivity index is 1.99. The Labute approximate surface area is 85.0 Å². The first-order chi connectivity index (χ1) is 6.93. The van der Waals surface area contributed by atoms with Gasteiger partial charge >= 0.3 is 0 Å². The molecule has 0 unspecified atom stereocenters. The van der Waals surface area contributed by atoms with Crippen molar-refractivity contribution in [3.8, 4) is 0 Å². The minimum atomic E-state index is 0.584. The summed E-state index contributed by atoms with van der Waals surface area (Å²) >= 11 is 0. The zero-order valence-corrected chi connectivity index (χ0v) is 8.53. The van der Waals surface area contributed by atoms with Crippen LogP contribution in [0, 0.1) is 0 Å². The number of hydrogen-bond acceptors (Lipinski definition) is 3. The predicted octanol–water partition coefficient (Wildman–Crippen LogP) is 1.74. The Hall–Kier alpha value is -0.900. The highest BCUT2D eigenvalue weighted by molar-refractivity contribution is 5.14. The summed E-state index contributed by atoms with van der Waals surface area (Å²) in [4.78, 5) is 9.60. The molecule has 0 aromatic heterocycles. The summed E-state index contributed by atoms with van der Waals surface area (Å²) in [6.07, 6.45) is 0. The van der Waals surface area contributed by atoms with E-state index < -0.39 is 0 Å². The Morgan fingerprint density at radius 1 is 1.14 bits per heavy atom. The smallest absolute Gasteiger partial charge is 0.0946 e. The molecule has 0 heterocycles. The molecule has 0 radical (unpaired) electrons. The molecule has 0 saturated heterocycles. The van der Waals surface area contributed by atoms with Gasteiger partial charge in [-0.25, -0.2) is 9.78 Å². The molecule has 0 bridgehead atoms. The first kappa shape index (κ1) is 11.2. The molecule has 3 heteroatoms. The van der Waals surface area contributed by atoms with Gasteiger partial charge < -0.3 is 5.32 Å². The molecule has 0 aliphatic heterocycles. The second-order valence-electron chi connectivity index (χ2n) is 2.89. The lowest BCUT2D eigenvalue weighted by atomic mass is 10.2. The molecular weight excluding hydrogens is 178 g/mol. The average Bonchev–Trinajstić information content (AvgIpc) is 2.25. The highest BCUT2D eigenvalue weighted by Gasteiger charge is 1.90. The van der Waals surface area contributed by atoms with Crippen LogP contribution in [0.25, 0.3) is 0 Å². The van der Waals surface area contributed by atoms with E-state index in [1.54, 1.807) is 0 Å². The highest BCUT2D eigenvalue weighted by Crippen LogP contribution is 1.96. The number of nitrogens with one attached hydrogen (secondary N) is 1. The maximum absolute atomic E-state index is 4.86. The summed E-state index contributed by atoms with van der Waals surface area (Å²) in [5.41, 5.74) is 1.28. The quantitative estimate of drug-likeness (QED) is 0.408. The van der Waals surface area contributed by atoms with Crippen molar-refractivity contribution in [2.75, 3.05) is 19.8 Å². The van der Waals surface area contributed by atoms with Crippen LogP contribution in [0.3, 0.4) is 0 Å². The van der Waals surface area contributed by atoms with E-state index in [2.05, 4.69) is 17.4 Å². The van der Waals surface area contributed by atoms with Gasteiger partial charge in [-0.3, -0.25) is 0 Å². The van der Waals surface area contributed by atoms with Crippen molar-refractivity contribution >= 4 is 0 Å². The number of benzene rings is 1. The molecule has 0 fully saturated rings. The second-order valence-corrected chi connectivity index (χ2v) is 2.89. The summed E-state index contributed by atoms with van der Waals surface area (Å²) in [6.45, 7) is 4.75. The zero-order valence-electron chi connectivity index (χ0n) is 8.53. The van der Waals surface area contributed by atoms with Gasteiger partial charge in [-0.2, -0.15) is 0 Å². The van der Waals surface area contributed by atoms with Gasteiger partial charge in [0.1, 0.15) is 0 Å². The molecule has 1 aromatic rings. The fraction of sp³-hybridized carbons (Fsp3) is 0.455. The molecule has 78 valence electrons. The lowest BCUT2D eigenvalue weighted by molar-refractivity contribution is -0.289. The third-order valence-corrected chi connectivity index (χ3v) is 1.74. The molecule has 0 saturated carbocycles. The normalized spacial score (nSPS) is 10.4. The summed E-state index contributed by atoms with van der Waals surface area (Å²) in [6, 6.07) is 10.3. The molecule has 1 rings (SSSR count).